The van der Waals surface area contributed by atoms with Crippen LogP contribution in [-0.2, 0) is 11.0 Å². The second-order valence-corrected chi connectivity index (χ2v) is 5.60. The van der Waals surface area contributed by atoms with E-state index in [1.165, 1.54) is 12.1 Å². The number of benzene rings is 1. The van der Waals surface area contributed by atoms with E-state index in [0.29, 0.717) is 6.42 Å². The van der Waals surface area contributed by atoms with Crippen LogP contribution < -0.4 is 11.1 Å². The second-order valence-electron chi connectivity index (χ2n) is 5.60. The Morgan fingerprint density at radius 3 is 2.48 bits per heavy atom. The Morgan fingerprint density at radius 1 is 1.33 bits per heavy atom. The zero-order valence-corrected chi connectivity index (χ0v) is 11.9. The number of amides is 1. The van der Waals surface area contributed by atoms with Crippen molar-refractivity contribution in [3.63, 3.8) is 0 Å². The third-order valence-electron chi connectivity index (χ3n) is 4.32. The van der Waals surface area contributed by atoms with E-state index in [1.54, 1.807) is 0 Å². The van der Waals surface area contributed by atoms with Gasteiger partial charge in [-0.2, -0.15) is 13.2 Å². The predicted molar refractivity (Wildman–Crippen MR) is 75.7 cm³/mol. The van der Waals surface area contributed by atoms with Gasteiger partial charge in [0.05, 0.1) is 11.3 Å². The van der Waals surface area contributed by atoms with Gasteiger partial charge in [-0.25, -0.2) is 0 Å². The average molecular weight is 300 g/mol. The molecule has 1 fully saturated rings. The standard InChI is InChI=1S/C15H19F3N2O/c1-2-14(7-3-4-8-14)13(21)20-12-6-5-10(19)9-11(12)15(16,17)18/h5-6,9H,2-4,7-8,19H2,1H3,(H,20,21). The number of nitrogens with two attached hydrogens (primary N) is 1. The van der Waals surface area contributed by atoms with Gasteiger partial charge in [-0.05, 0) is 37.5 Å². The van der Waals surface area contributed by atoms with Crippen molar-refractivity contribution >= 4 is 17.3 Å². The lowest BCUT2D eigenvalue weighted by atomic mass is 9.82. The molecule has 6 heteroatoms. The van der Waals surface area contributed by atoms with E-state index in [1.807, 2.05) is 6.92 Å². The van der Waals surface area contributed by atoms with E-state index in [0.717, 1.165) is 31.7 Å². The maximum absolute atomic E-state index is 13.0. The minimum atomic E-state index is -4.55. The summed E-state index contributed by atoms with van der Waals surface area (Å²) in [4.78, 5) is 12.4. The second kappa shape index (κ2) is 5.58. The minimum Gasteiger partial charge on any atom is -0.399 e. The van der Waals surface area contributed by atoms with Crippen molar-refractivity contribution in [1.82, 2.24) is 0 Å². The normalized spacial score (nSPS) is 17.7. The van der Waals surface area contributed by atoms with Crippen LogP contribution in [0.3, 0.4) is 0 Å². The third kappa shape index (κ3) is 3.14. The number of alkyl halides is 3. The van der Waals surface area contributed by atoms with Gasteiger partial charge in [0.1, 0.15) is 0 Å². The van der Waals surface area contributed by atoms with Gasteiger partial charge >= 0.3 is 6.18 Å². The van der Waals surface area contributed by atoms with Crippen LogP contribution >= 0.6 is 0 Å². The molecule has 0 unspecified atom stereocenters. The smallest absolute Gasteiger partial charge is 0.399 e. The molecule has 3 N–H and O–H groups in total. The van der Waals surface area contributed by atoms with Crippen LogP contribution in [0.15, 0.2) is 18.2 Å². The highest BCUT2D eigenvalue weighted by Crippen LogP contribution is 2.43. The quantitative estimate of drug-likeness (QED) is 0.822. The molecule has 1 aliphatic carbocycles. The highest BCUT2D eigenvalue weighted by molar-refractivity contribution is 5.96. The first kappa shape index (κ1) is 15.7. The van der Waals surface area contributed by atoms with E-state index in [2.05, 4.69) is 5.32 Å². The van der Waals surface area contributed by atoms with Crippen molar-refractivity contribution in [2.24, 2.45) is 5.41 Å². The van der Waals surface area contributed by atoms with Gasteiger partial charge in [0.25, 0.3) is 0 Å². The van der Waals surface area contributed by atoms with E-state index in [-0.39, 0.29) is 17.3 Å². The molecule has 0 radical (unpaired) electrons. The molecular formula is C15H19F3N2O. The number of hydrogen-bond donors (Lipinski definition) is 2. The average Bonchev–Trinajstić information content (AvgIpc) is 2.89. The molecule has 0 spiro atoms. The Bertz CT molecular complexity index is 534. The molecule has 1 aromatic carbocycles. The number of nitrogen functional groups attached to an aromatic ring is 1. The van der Waals surface area contributed by atoms with Crippen molar-refractivity contribution in [3.8, 4) is 0 Å². The number of halogens is 3. The summed E-state index contributed by atoms with van der Waals surface area (Å²) in [5.41, 5.74) is 3.78. The molecule has 0 aromatic heterocycles. The molecule has 116 valence electrons. The maximum Gasteiger partial charge on any atom is 0.418 e. The topological polar surface area (TPSA) is 55.1 Å². The summed E-state index contributed by atoms with van der Waals surface area (Å²) in [6, 6.07) is 3.43. The Kier molecular flexibility index (Phi) is 4.16. The van der Waals surface area contributed by atoms with Crippen LogP contribution in [0.1, 0.15) is 44.6 Å². The molecule has 1 aliphatic rings. The SMILES string of the molecule is CCC1(C(=O)Nc2ccc(N)cc2C(F)(F)F)CCCC1. The monoisotopic (exact) mass is 300 g/mol. The molecule has 0 atom stereocenters. The molecule has 0 saturated heterocycles. The number of rotatable bonds is 3. The van der Waals surface area contributed by atoms with E-state index >= 15 is 0 Å². The lowest BCUT2D eigenvalue weighted by Gasteiger charge is -2.27. The van der Waals surface area contributed by atoms with E-state index in [4.69, 9.17) is 5.73 Å². The fourth-order valence-corrected chi connectivity index (χ4v) is 2.95. The van der Waals surface area contributed by atoms with Gasteiger partial charge in [-0.1, -0.05) is 19.8 Å². The van der Waals surface area contributed by atoms with Crippen LogP contribution in [0.25, 0.3) is 0 Å². The van der Waals surface area contributed by atoms with Crippen molar-refractivity contribution in [2.75, 3.05) is 11.1 Å². The van der Waals surface area contributed by atoms with Gasteiger partial charge < -0.3 is 11.1 Å². The predicted octanol–water partition coefficient (Wildman–Crippen LogP) is 4.20. The van der Waals surface area contributed by atoms with Gasteiger partial charge in [-0.15, -0.1) is 0 Å². The lowest BCUT2D eigenvalue weighted by molar-refractivity contribution is -0.137. The Labute approximate surface area is 121 Å². The number of hydrogen-bond acceptors (Lipinski definition) is 2. The Balaban J connectivity index is 2.29. The Morgan fingerprint density at radius 2 is 1.95 bits per heavy atom. The van der Waals surface area contributed by atoms with Crippen LogP contribution in [0.2, 0.25) is 0 Å². The van der Waals surface area contributed by atoms with Crippen LogP contribution in [0.4, 0.5) is 24.5 Å². The van der Waals surface area contributed by atoms with Crippen LogP contribution in [0, 0.1) is 5.41 Å². The molecule has 3 nitrogen and oxygen atoms in total. The Hall–Kier alpha value is -1.72. The summed E-state index contributed by atoms with van der Waals surface area (Å²) in [5, 5.41) is 2.46. The molecule has 1 amide bonds. The van der Waals surface area contributed by atoms with Crippen molar-refractivity contribution < 1.29 is 18.0 Å². The first-order valence-electron chi connectivity index (χ1n) is 7.07. The van der Waals surface area contributed by atoms with Crippen LogP contribution in [-0.4, -0.2) is 5.91 Å². The summed E-state index contributed by atoms with van der Waals surface area (Å²) in [6.07, 6.45) is -0.580. The highest BCUT2D eigenvalue weighted by atomic mass is 19.4. The van der Waals surface area contributed by atoms with Crippen LogP contribution in [0.5, 0.6) is 0 Å². The highest BCUT2D eigenvalue weighted by Gasteiger charge is 2.41. The van der Waals surface area contributed by atoms with Gasteiger partial charge in [0.2, 0.25) is 5.91 Å². The van der Waals surface area contributed by atoms with E-state index in [9.17, 15) is 18.0 Å². The maximum atomic E-state index is 13.0. The van der Waals surface area contributed by atoms with E-state index < -0.39 is 17.2 Å². The van der Waals surface area contributed by atoms with Crippen molar-refractivity contribution in [2.45, 2.75) is 45.2 Å². The third-order valence-corrected chi connectivity index (χ3v) is 4.32. The molecule has 1 aromatic rings. The summed E-state index contributed by atoms with van der Waals surface area (Å²) in [6.45, 7) is 1.90. The van der Waals surface area contributed by atoms with Gasteiger partial charge in [0, 0.05) is 11.1 Å². The minimum absolute atomic E-state index is 0.0198. The number of carbonyl (C=O) groups is 1. The lowest BCUT2D eigenvalue weighted by Crippen LogP contribution is -2.33. The fraction of sp³-hybridized carbons (Fsp3) is 0.533. The van der Waals surface area contributed by atoms with Crippen molar-refractivity contribution in [1.29, 1.82) is 0 Å². The first-order valence-corrected chi connectivity index (χ1v) is 7.07. The molecular weight excluding hydrogens is 281 g/mol. The largest absolute Gasteiger partial charge is 0.418 e. The molecule has 0 bridgehead atoms. The van der Waals surface area contributed by atoms with Crippen molar-refractivity contribution in [3.05, 3.63) is 23.8 Å². The number of carbonyl (C=O) groups excluding carboxylic acids is 1. The number of anilines is 2. The molecule has 21 heavy (non-hydrogen) atoms. The summed E-state index contributed by atoms with van der Waals surface area (Å²) < 4.78 is 39.1. The number of nitrogens with one attached hydrogen (secondary N) is 1. The summed E-state index contributed by atoms with van der Waals surface area (Å²) >= 11 is 0. The molecule has 0 heterocycles. The summed E-state index contributed by atoms with van der Waals surface area (Å²) in [7, 11) is 0. The fourth-order valence-electron chi connectivity index (χ4n) is 2.95. The first-order chi connectivity index (χ1) is 9.78. The molecule has 2 rings (SSSR count). The molecule has 1 saturated carbocycles. The summed E-state index contributed by atoms with van der Waals surface area (Å²) in [5.74, 6) is -0.322. The zero-order valence-electron chi connectivity index (χ0n) is 11.9. The van der Waals surface area contributed by atoms with Gasteiger partial charge in [-0.3, -0.25) is 4.79 Å². The molecule has 0 aliphatic heterocycles. The van der Waals surface area contributed by atoms with Gasteiger partial charge in [0.15, 0.2) is 0 Å². The zero-order chi connectivity index (χ0) is 15.7.